The zero-order valence-electron chi connectivity index (χ0n) is 15.1. The van der Waals surface area contributed by atoms with Crippen LogP contribution in [0.1, 0.15) is 24.9 Å². The molecule has 2 aromatic carbocycles. The van der Waals surface area contributed by atoms with E-state index in [1.165, 1.54) is 11.8 Å². The maximum atomic E-state index is 12.3. The van der Waals surface area contributed by atoms with Gasteiger partial charge >= 0.3 is 0 Å². The fraction of sp³-hybridized carbons (Fsp3) is 0.250. The smallest absolute Gasteiger partial charge is 0.240 e. The Morgan fingerprint density at radius 1 is 1.22 bits per heavy atom. The third-order valence-electron chi connectivity index (χ3n) is 4.12. The predicted octanol–water partition coefficient (Wildman–Crippen LogP) is 3.37. The molecule has 0 saturated carbocycles. The molecule has 2 aromatic rings. The van der Waals surface area contributed by atoms with Gasteiger partial charge in [0, 0.05) is 6.42 Å². The summed E-state index contributed by atoms with van der Waals surface area (Å²) in [4.78, 5) is 29.1. The van der Waals surface area contributed by atoms with Gasteiger partial charge in [0.05, 0.1) is 18.8 Å². The molecule has 1 saturated heterocycles. The van der Waals surface area contributed by atoms with Gasteiger partial charge in [-0.3, -0.25) is 14.6 Å². The minimum Gasteiger partial charge on any atom is -0.495 e. The van der Waals surface area contributed by atoms with Gasteiger partial charge in [-0.05, 0) is 24.6 Å². The van der Waals surface area contributed by atoms with Crippen LogP contribution in [0.4, 0.5) is 5.69 Å². The number of nitrogens with one attached hydrogen (secondary N) is 2. The number of ether oxygens (including phenoxy) is 1. The van der Waals surface area contributed by atoms with Crippen LogP contribution in [0.3, 0.4) is 0 Å². The first kappa shape index (κ1) is 19.0. The number of hydrogen-bond acceptors (Lipinski definition) is 5. The van der Waals surface area contributed by atoms with E-state index in [0.29, 0.717) is 16.6 Å². The number of rotatable bonds is 6. The molecule has 2 N–H and O–H groups in total. The highest BCUT2D eigenvalue weighted by atomic mass is 32.2. The van der Waals surface area contributed by atoms with Crippen molar-refractivity contribution in [1.29, 1.82) is 0 Å². The van der Waals surface area contributed by atoms with E-state index in [1.807, 2.05) is 49.4 Å². The maximum Gasteiger partial charge on any atom is 0.240 e. The van der Waals surface area contributed by atoms with Gasteiger partial charge in [0.2, 0.25) is 11.8 Å². The summed E-state index contributed by atoms with van der Waals surface area (Å²) in [6.45, 7) is 1.97. The van der Waals surface area contributed by atoms with Crippen LogP contribution in [0, 0.1) is 0 Å². The summed E-state index contributed by atoms with van der Waals surface area (Å²) in [5.41, 5.74) is 1.65. The number of amidine groups is 1. The van der Waals surface area contributed by atoms with Crippen LogP contribution in [-0.4, -0.2) is 29.3 Å². The van der Waals surface area contributed by atoms with Gasteiger partial charge in [0.1, 0.15) is 11.0 Å². The highest BCUT2D eigenvalue weighted by molar-refractivity contribution is 8.15. The number of amides is 2. The summed E-state index contributed by atoms with van der Waals surface area (Å²) in [6.07, 6.45) is 0.0628. The zero-order chi connectivity index (χ0) is 19.2. The summed E-state index contributed by atoms with van der Waals surface area (Å²) < 4.78 is 5.22. The average Bonchev–Trinajstić information content (AvgIpc) is 3.01. The molecule has 0 aromatic heterocycles. The fourth-order valence-electron chi connectivity index (χ4n) is 2.70. The van der Waals surface area contributed by atoms with Crippen molar-refractivity contribution in [2.24, 2.45) is 4.99 Å². The Balaban J connectivity index is 1.60. The van der Waals surface area contributed by atoms with Crippen molar-refractivity contribution in [2.45, 2.75) is 24.6 Å². The van der Waals surface area contributed by atoms with Gasteiger partial charge in [-0.25, -0.2) is 0 Å². The monoisotopic (exact) mass is 383 g/mol. The quantitative estimate of drug-likeness (QED) is 0.801. The van der Waals surface area contributed by atoms with Gasteiger partial charge < -0.3 is 15.4 Å². The molecular weight excluding hydrogens is 362 g/mol. The molecule has 2 amide bonds. The number of nitrogens with zero attached hydrogens (tertiary/aromatic N) is 1. The molecule has 0 bridgehead atoms. The number of methoxy groups -OCH3 is 1. The first-order valence-electron chi connectivity index (χ1n) is 8.60. The third kappa shape index (κ3) is 4.89. The molecule has 27 heavy (non-hydrogen) atoms. The maximum absolute atomic E-state index is 12.3. The summed E-state index contributed by atoms with van der Waals surface area (Å²) in [7, 11) is 1.54. The van der Waals surface area contributed by atoms with Crippen LogP contribution in [0.15, 0.2) is 59.6 Å². The Morgan fingerprint density at radius 2 is 1.93 bits per heavy atom. The molecule has 0 spiro atoms. The van der Waals surface area contributed by atoms with Crippen molar-refractivity contribution in [3.8, 4) is 5.75 Å². The van der Waals surface area contributed by atoms with E-state index in [0.717, 1.165) is 5.56 Å². The molecule has 1 heterocycles. The molecule has 7 heteroatoms. The second-order valence-electron chi connectivity index (χ2n) is 6.07. The Kier molecular flexibility index (Phi) is 6.13. The van der Waals surface area contributed by atoms with Crippen LogP contribution < -0.4 is 15.4 Å². The number of carbonyl (C=O) groups is 2. The number of para-hydroxylation sites is 2. The van der Waals surface area contributed by atoms with Crippen molar-refractivity contribution in [3.05, 3.63) is 60.2 Å². The van der Waals surface area contributed by atoms with E-state index in [2.05, 4.69) is 15.6 Å². The molecule has 1 fully saturated rings. The van der Waals surface area contributed by atoms with E-state index in [1.54, 1.807) is 19.2 Å². The second-order valence-corrected chi connectivity index (χ2v) is 7.26. The van der Waals surface area contributed by atoms with E-state index < -0.39 is 5.25 Å². The molecule has 140 valence electrons. The summed E-state index contributed by atoms with van der Waals surface area (Å²) in [5, 5.41) is 5.61. The first-order valence-corrected chi connectivity index (χ1v) is 9.48. The number of anilines is 1. The van der Waals surface area contributed by atoms with Crippen LogP contribution in [0.5, 0.6) is 5.75 Å². The van der Waals surface area contributed by atoms with Crippen molar-refractivity contribution < 1.29 is 14.3 Å². The van der Waals surface area contributed by atoms with Crippen LogP contribution in [0.2, 0.25) is 0 Å². The lowest BCUT2D eigenvalue weighted by molar-refractivity contribution is -0.122. The first-order chi connectivity index (χ1) is 13.1. The molecule has 6 nitrogen and oxygen atoms in total. The van der Waals surface area contributed by atoms with Crippen LogP contribution >= 0.6 is 11.8 Å². The van der Waals surface area contributed by atoms with Gasteiger partial charge in [0.15, 0.2) is 5.17 Å². The molecule has 1 aliphatic rings. The Hall–Kier alpha value is -2.80. The molecule has 3 rings (SSSR count). The number of carbonyl (C=O) groups excluding carboxylic acids is 2. The molecule has 0 aliphatic carbocycles. The van der Waals surface area contributed by atoms with Gasteiger partial charge in [0.25, 0.3) is 0 Å². The van der Waals surface area contributed by atoms with Crippen molar-refractivity contribution in [2.75, 3.05) is 12.4 Å². The predicted molar refractivity (Wildman–Crippen MR) is 108 cm³/mol. The highest BCUT2D eigenvalue weighted by Gasteiger charge is 2.32. The minimum absolute atomic E-state index is 0.0628. The SMILES string of the molecule is COc1ccccc1NC(=O)C[C@@H]1SC(=N[C@H](C)c2ccccc2)NC1=O. The second kappa shape index (κ2) is 8.73. The average molecular weight is 383 g/mol. The van der Waals surface area contributed by atoms with Crippen LogP contribution in [-0.2, 0) is 9.59 Å². The Morgan fingerprint density at radius 3 is 2.67 bits per heavy atom. The number of aliphatic imine (C=N–C) groups is 1. The van der Waals surface area contributed by atoms with E-state index in [-0.39, 0.29) is 24.3 Å². The summed E-state index contributed by atoms with van der Waals surface area (Å²) >= 11 is 1.29. The number of hydrogen-bond donors (Lipinski definition) is 2. The van der Waals surface area contributed by atoms with E-state index in [9.17, 15) is 9.59 Å². The molecule has 2 atom stereocenters. The lowest BCUT2D eigenvalue weighted by Crippen LogP contribution is -2.28. The van der Waals surface area contributed by atoms with Crippen molar-refractivity contribution >= 4 is 34.4 Å². The topological polar surface area (TPSA) is 79.8 Å². The number of benzene rings is 2. The lowest BCUT2D eigenvalue weighted by Gasteiger charge is -2.11. The number of thioether (sulfide) groups is 1. The van der Waals surface area contributed by atoms with Gasteiger partial charge in [-0.15, -0.1) is 0 Å². The fourth-order valence-corrected chi connectivity index (χ4v) is 3.75. The van der Waals surface area contributed by atoms with Gasteiger partial charge in [-0.2, -0.15) is 0 Å². The lowest BCUT2D eigenvalue weighted by atomic mass is 10.1. The van der Waals surface area contributed by atoms with E-state index >= 15 is 0 Å². The van der Waals surface area contributed by atoms with Crippen LogP contribution in [0.25, 0.3) is 0 Å². The Labute approximate surface area is 162 Å². The van der Waals surface area contributed by atoms with Gasteiger partial charge in [-0.1, -0.05) is 54.2 Å². The molecule has 1 aliphatic heterocycles. The standard InChI is InChI=1S/C20H21N3O3S/c1-13(14-8-4-3-5-9-14)21-20-23-19(25)17(27-20)12-18(24)22-15-10-6-7-11-16(15)26-2/h3-11,13,17H,12H2,1-2H3,(H,22,24)(H,21,23,25)/t13-,17+/m1/s1. The van der Waals surface area contributed by atoms with Crippen molar-refractivity contribution in [1.82, 2.24) is 5.32 Å². The van der Waals surface area contributed by atoms with E-state index in [4.69, 9.17) is 4.74 Å². The molecular formula is C20H21N3O3S. The van der Waals surface area contributed by atoms with Crippen molar-refractivity contribution in [3.63, 3.8) is 0 Å². The third-order valence-corrected chi connectivity index (χ3v) is 5.22. The molecule has 0 unspecified atom stereocenters. The zero-order valence-corrected chi connectivity index (χ0v) is 16.0. The Bertz CT molecular complexity index is 855. The molecule has 0 radical (unpaired) electrons. The highest BCUT2D eigenvalue weighted by Crippen LogP contribution is 2.27. The summed E-state index contributed by atoms with van der Waals surface area (Å²) in [6, 6.07) is 16.9. The summed E-state index contributed by atoms with van der Waals surface area (Å²) in [5.74, 6) is 0.131. The minimum atomic E-state index is -0.499. The largest absolute Gasteiger partial charge is 0.495 e. The normalized spacial score (nSPS) is 18.8.